The SMILES string of the molecule is CC(=O)Nc1cccc(NC(=O)CCNc2ccc(C)cc2Br)c1. The van der Waals surface area contributed by atoms with Crippen LogP contribution >= 0.6 is 15.9 Å². The third kappa shape index (κ3) is 5.70. The standard InChI is InChI=1S/C18H20BrN3O2/c1-12-6-7-17(16(19)10-12)20-9-8-18(24)22-15-5-3-4-14(11-15)21-13(2)23/h3-7,10-11,20H,8-9H2,1-2H3,(H,21,23)(H,22,24). The van der Waals surface area contributed by atoms with Crippen molar-refractivity contribution < 1.29 is 9.59 Å². The highest BCUT2D eigenvalue weighted by Gasteiger charge is 2.05. The van der Waals surface area contributed by atoms with Gasteiger partial charge in [0.25, 0.3) is 0 Å². The van der Waals surface area contributed by atoms with E-state index in [0.29, 0.717) is 24.3 Å². The van der Waals surface area contributed by atoms with Crippen LogP contribution in [-0.4, -0.2) is 18.4 Å². The number of hydrogen-bond acceptors (Lipinski definition) is 3. The fraction of sp³-hybridized carbons (Fsp3) is 0.222. The Morgan fingerprint density at radius 3 is 2.42 bits per heavy atom. The van der Waals surface area contributed by atoms with E-state index < -0.39 is 0 Å². The summed E-state index contributed by atoms with van der Waals surface area (Å²) in [6, 6.07) is 13.1. The van der Waals surface area contributed by atoms with Gasteiger partial charge in [-0.3, -0.25) is 9.59 Å². The van der Waals surface area contributed by atoms with Crippen LogP contribution in [0.1, 0.15) is 18.9 Å². The van der Waals surface area contributed by atoms with Gasteiger partial charge in [0.15, 0.2) is 0 Å². The molecule has 24 heavy (non-hydrogen) atoms. The van der Waals surface area contributed by atoms with Crippen molar-refractivity contribution in [2.45, 2.75) is 20.3 Å². The Balaban J connectivity index is 1.84. The topological polar surface area (TPSA) is 70.2 Å². The van der Waals surface area contributed by atoms with Crippen LogP contribution in [0, 0.1) is 6.92 Å². The molecule has 2 aromatic rings. The van der Waals surface area contributed by atoms with Crippen LogP contribution in [0.15, 0.2) is 46.9 Å². The van der Waals surface area contributed by atoms with E-state index in [2.05, 4.69) is 31.9 Å². The predicted molar refractivity (Wildman–Crippen MR) is 101 cm³/mol. The Morgan fingerprint density at radius 2 is 1.75 bits per heavy atom. The molecule has 0 heterocycles. The number of benzene rings is 2. The quantitative estimate of drug-likeness (QED) is 0.694. The molecule has 2 amide bonds. The van der Waals surface area contributed by atoms with Gasteiger partial charge in [-0.15, -0.1) is 0 Å². The lowest BCUT2D eigenvalue weighted by Crippen LogP contribution is -2.16. The van der Waals surface area contributed by atoms with Gasteiger partial charge in [0.2, 0.25) is 11.8 Å². The molecule has 3 N–H and O–H groups in total. The van der Waals surface area contributed by atoms with E-state index in [9.17, 15) is 9.59 Å². The maximum absolute atomic E-state index is 12.0. The van der Waals surface area contributed by atoms with Crippen molar-refractivity contribution >= 4 is 44.8 Å². The first-order chi connectivity index (χ1) is 11.4. The molecular formula is C18H20BrN3O2. The van der Waals surface area contributed by atoms with Crippen molar-refractivity contribution in [2.24, 2.45) is 0 Å². The molecule has 0 saturated carbocycles. The summed E-state index contributed by atoms with van der Waals surface area (Å²) in [6.07, 6.45) is 0.338. The minimum absolute atomic E-state index is 0.0919. The molecule has 0 bridgehead atoms. The van der Waals surface area contributed by atoms with Gasteiger partial charge in [0.05, 0.1) is 0 Å². The number of anilines is 3. The van der Waals surface area contributed by atoms with Crippen molar-refractivity contribution in [2.75, 3.05) is 22.5 Å². The molecule has 0 aliphatic carbocycles. The third-order valence-electron chi connectivity index (χ3n) is 3.26. The number of amides is 2. The van der Waals surface area contributed by atoms with E-state index in [4.69, 9.17) is 0 Å². The van der Waals surface area contributed by atoms with E-state index in [1.807, 2.05) is 25.1 Å². The summed E-state index contributed by atoms with van der Waals surface area (Å²) in [5.41, 5.74) is 3.44. The minimum Gasteiger partial charge on any atom is -0.384 e. The lowest BCUT2D eigenvalue weighted by molar-refractivity contribution is -0.116. The summed E-state index contributed by atoms with van der Waals surface area (Å²) in [4.78, 5) is 23.1. The molecule has 2 aromatic carbocycles. The Bertz CT molecular complexity index is 747. The van der Waals surface area contributed by atoms with Gasteiger partial charge in [-0.2, -0.15) is 0 Å². The first kappa shape index (κ1) is 18.0. The molecule has 6 heteroatoms. The second kappa shape index (κ2) is 8.49. The van der Waals surface area contributed by atoms with Crippen molar-refractivity contribution in [3.63, 3.8) is 0 Å². The summed E-state index contributed by atoms with van der Waals surface area (Å²) in [5, 5.41) is 8.74. The number of hydrogen-bond donors (Lipinski definition) is 3. The second-order valence-electron chi connectivity index (χ2n) is 5.47. The zero-order chi connectivity index (χ0) is 17.5. The first-order valence-corrected chi connectivity index (χ1v) is 8.41. The lowest BCUT2D eigenvalue weighted by Gasteiger charge is -2.10. The molecule has 0 radical (unpaired) electrons. The minimum atomic E-state index is -0.147. The van der Waals surface area contributed by atoms with Gasteiger partial charge in [0.1, 0.15) is 0 Å². The molecule has 0 aliphatic heterocycles. The summed E-state index contributed by atoms with van der Waals surface area (Å²) in [6.45, 7) is 4.00. The molecular weight excluding hydrogens is 370 g/mol. The highest BCUT2D eigenvalue weighted by Crippen LogP contribution is 2.23. The first-order valence-electron chi connectivity index (χ1n) is 7.61. The number of rotatable bonds is 6. The third-order valence-corrected chi connectivity index (χ3v) is 3.91. The number of carbonyl (C=O) groups excluding carboxylic acids is 2. The summed E-state index contributed by atoms with van der Waals surface area (Å²) < 4.78 is 0.978. The Labute approximate surface area is 150 Å². The number of nitrogens with one attached hydrogen (secondary N) is 3. The van der Waals surface area contributed by atoms with Crippen LogP contribution in [0.3, 0.4) is 0 Å². The zero-order valence-corrected chi connectivity index (χ0v) is 15.2. The average Bonchev–Trinajstić information content (AvgIpc) is 2.49. The van der Waals surface area contributed by atoms with Gasteiger partial charge in [-0.25, -0.2) is 0 Å². The summed E-state index contributed by atoms with van der Waals surface area (Å²) >= 11 is 3.50. The molecule has 0 spiro atoms. The lowest BCUT2D eigenvalue weighted by atomic mass is 10.2. The molecule has 0 aromatic heterocycles. The van der Waals surface area contributed by atoms with Crippen molar-refractivity contribution in [1.82, 2.24) is 0 Å². The van der Waals surface area contributed by atoms with Crippen LogP contribution in [0.5, 0.6) is 0 Å². The average molecular weight is 390 g/mol. The van der Waals surface area contributed by atoms with Crippen LogP contribution < -0.4 is 16.0 Å². The van der Waals surface area contributed by atoms with Gasteiger partial charge < -0.3 is 16.0 Å². The van der Waals surface area contributed by atoms with Crippen molar-refractivity contribution in [1.29, 1.82) is 0 Å². The van der Waals surface area contributed by atoms with E-state index in [0.717, 1.165) is 10.2 Å². The van der Waals surface area contributed by atoms with Crippen LogP contribution in [0.2, 0.25) is 0 Å². The van der Waals surface area contributed by atoms with Gasteiger partial charge in [0, 0.05) is 41.4 Å². The normalized spacial score (nSPS) is 10.1. The van der Waals surface area contributed by atoms with E-state index in [-0.39, 0.29) is 11.8 Å². The van der Waals surface area contributed by atoms with Gasteiger partial charge in [-0.1, -0.05) is 12.1 Å². The Morgan fingerprint density at radius 1 is 1.04 bits per heavy atom. The van der Waals surface area contributed by atoms with E-state index in [1.54, 1.807) is 24.3 Å². The van der Waals surface area contributed by atoms with Gasteiger partial charge >= 0.3 is 0 Å². The smallest absolute Gasteiger partial charge is 0.226 e. The van der Waals surface area contributed by atoms with Crippen LogP contribution in [0.25, 0.3) is 0 Å². The summed E-state index contributed by atoms with van der Waals surface area (Å²) in [7, 11) is 0. The number of halogens is 1. The maximum atomic E-state index is 12.0. The Kier molecular flexibility index (Phi) is 6.37. The maximum Gasteiger partial charge on any atom is 0.226 e. The highest BCUT2D eigenvalue weighted by molar-refractivity contribution is 9.10. The fourth-order valence-electron chi connectivity index (χ4n) is 2.18. The number of aryl methyl sites for hydroxylation is 1. The van der Waals surface area contributed by atoms with Crippen molar-refractivity contribution in [3.8, 4) is 0 Å². The molecule has 0 saturated heterocycles. The second-order valence-corrected chi connectivity index (χ2v) is 6.32. The molecule has 0 aliphatic rings. The molecule has 126 valence electrons. The number of carbonyl (C=O) groups is 2. The highest BCUT2D eigenvalue weighted by atomic mass is 79.9. The largest absolute Gasteiger partial charge is 0.384 e. The van der Waals surface area contributed by atoms with Gasteiger partial charge in [-0.05, 0) is 58.7 Å². The zero-order valence-electron chi connectivity index (χ0n) is 13.7. The molecule has 0 unspecified atom stereocenters. The molecule has 2 rings (SSSR count). The van der Waals surface area contributed by atoms with E-state index >= 15 is 0 Å². The molecule has 5 nitrogen and oxygen atoms in total. The monoisotopic (exact) mass is 389 g/mol. The summed E-state index contributed by atoms with van der Waals surface area (Å²) in [5.74, 6) is -0.239. The van der Waals surface area contributed by atoms with Crippen molar-refractivity contribution in [3.05, 3.63) is 52.5 Å². The fourth-order valence-corrected chi connectivity index (χ4v) is 2.81. The van der Waals surface area contributed by atoms with Crippen LogP contribution in [-0.2, 0) is 9.59 Å². The van der Waals surface area contributed by atoms with Crippen LogP contribution in [0.4, 0.5) is 17.1 Å². The predicted octanol–water partition coefficient (Wildman–Crippen LogP) is 4.16. The molecule has 0 atom stereocenters. The molecule has 0 fully saturated rings. The van der Waals surface area contributed by atoms with E-state index in [1.165, 1.54) is 12.5 Å². The Hall–Kier alpha value is -2.34.